The molecule has 3 unspecified atom stereocenters. The van der Waals surface area contributed by atoms with Gasteiger partial charge in [0, 0.05) is 41.9 Å². The monoisotopic (exact) mass is 963 g/mol. The van der Waals surface area contributed by atoms with E-state index in [1.165, 1.54) is 5.06 Å². The largest absolute Gasteiger partial charge is 0.418 e. The molecular weight excluding hydrogens is 907 g/mol. The van der Waals surface area contributed by atoms with Gasteiger partial charge in [-0.3, -0.25) is 18.9 Å². The van der Waals surface area contributed by atoms with E-state index in [2.05, 4.69) is 14.8 Å². The predicted molar refractivity (Wildman–Crippen MR) is 229 cm³/mol. The van der Waals surface area contributed by atoms with Crippen molar-refractivity contribution >= 4 is 39.6 Å². The maximum Gasteiger partial charge on any atom is 0.338 e. The molecule has 1 amide bonds. The normalized spacial score (nSPS) is 18.0. The highest BCUT2D eigenvalue weighted by Gasteiger charge is 2.60. The number of ether oxygens (including phenoxy) is 8. The summed E-state index contributed by atoms with van der Waals surface area (Å²) in [6.07, 6.45) is 4.53. The summed E-state index contributed by atoms with van der Waals surface area (Å²) in [6, 6.07) is 5.79. The highest BCUT2D eigenvalue weighted by Crippen LogP contribution is 2.43. The van der Waals surface area contributed by atoms with E-state index in [9.17, 15) is 31.2 Å². The van der Waals surface area contributed by atoms with Crippen LogP contribution in [-0.2, 0) is 69.0 Å². The van der Waals surface area contributed by atoms with Gasteiger partial charge in [0.1, 0.15) is 5.84 Å². The van der Waals surface area contributed by atoms with Crippen LogP contribution in [0.2, 0.25) is 0 Å². The second-order valence-electron chi connectivity index (χ2n) is 14.4. The Labute approximate surface area is 380 Å². The molecule has 0 saturated heterocycles. The van der Waals surface area contributed by atoms with Gasteiger partial charge in [-0.2, -0.15) is 17.9 Å². The number of hydrogen-bond acceptors (Lipinski definition) is 16. The molecule has 66 heavy (non-hydrogen) atoms. The standard InChI is InChI=1S/C42H57F4N5O14S/c1-4-8-51(64-5-2)40(52)32-23-31-7-6-30(24-35(31)49-37(47)25-32)33-27-48-50(28-33)9-10-57-11-12-58-13-14-59-15-16-60-17-18-61-19-20-62-21-22-63-29(3)41(53)65-42(46)36(44)26-34(43)38(45)39(42)66(54,55)56/h6-7,23-24,26-29,39H,4-5,8-22,25H2,1-3H3,(H2,47,49)(H,54,55,56). The molecule has 2 aliphatic rings. The number of aromatic nitrogens is 2. The minimum Gasteiger partial charge on any atom is -0.418 e. The van der Waals surface area contributed by atoms with Gasteiger partial charge in [0.05, 0.1) is 111 Å². The van der Waals surface area contributed by atoms with Crippen molar-refractivity contribution in [1.82, 2.24) is 14.8 Å². The van der Waals surface area contributed by atoms with Crippen LogP contribution < -0.4 is 5.73 Å². The van der Waals surface area contributed by atoms with E-state index in [1.54, 1.807) is 10.9 Å². The lowest BCUT2D eigenvalue weighted by atomic mass is 10.0. The van der Waals surface area contributed by atoms with Gasteiger partial charge in [-0.1, -0.05) is 19.1 Å². The Kier molecular flexibility index (Phi) is 22.3. The highest BCUT2D eigenvalue weighted by molar-refractivity contribution is 7.86. The molecule has 1 aliphatic heterocycles. The molecule has 1 aromatic carbocycles. The number of hydrogen-bond donors (Lipinski definition) is 2. The highest BCUT2D eigenvalue weighted by atomic mass is 32.2. The number of esters is 1. The molecule has 4 rings (SSSR count). The minimum atomic E-state index is -5.79. The molecule has 19 nitrogen and oxygen atoms in total. The average molecular weight is 964 g/mol. The van der Waals surface area contributed by atoms with Gasteiger partial charge >= 0.3 is 11.8 Å². The van der Waals surface area contributed by atoms with E-state index in [-0.39, 0.29) is 51.4 Å². The Morgan fingerprint density at radius 3 is 2.03 bits per heavy atom. The smallest absolute Gasteiger partial charge is 0.338 e. The molecule has 1 aromatic heterocycles. The number of rotatable bonds is 31. The molecule has 3 atom stereocenters. The van der Waals surface area contributed by atoms with Crippen LogP contribution in [0.5, 0.6) is 0 Å². The third-order valence-electron chi connectivity index (χ3n) is 9.35. The number of halogens is 4. The zero-order chi connectivity index (χ0) is 48.1. The van der Waals surface area contributed by atoms with Crippen LogP contribution in [0.4, 0.5) is 23.2 Å². The number of benzene rings is 1. The zero-order valence-corrected chi connectivity index (χ0v) is 37.8. The predicted octanol–water partition coefficient (Wildman–Crippen LogP) is 4.50. The van der Waals surface area contributed by atoms with Crippen LogP contribution in [-0.4, -0.2) is 162 Å². The molecule has 0 spiro atoms. The number of nitrogens with two attached hydrogens (primary N) is 1. The van der Waals surface area contributed by atoms with Crippen LogP contribution in [0.1, 0.15) is 39.2 Å². The summed E-state index contributed by atoms with van der Waals surface area (Å²) < 4.78 is 132. The van der Waals surface area contributed by atoms with E-state index in [0.717, 1.165) is 30.0 Å². The number of allylic oxidation sites excluding steroid dienone is 2. The fourth-order valence-electron chi connectivity index (χ4n) is 6.14. The Hall–Kier alpha value is -4.63. The van der Waals surface area contributed by atoms with Gasteiger partial charge in [-0.05, 0) is 38.0 Å². The first-order chi connectivity index (χ1) is 31.6. The third kappa shape index (κ3) is 16.6. The number of fused-ring (bicyclic) bond motifs is 1. The number of alkyl halides is 1. The molecule has 0 bridgehead atoms. The van der Waals surface area contributed by atoms with Crippen molar-refractivity contribution in [2.75, 3.05) is 99.0 Å². The van der Waals surface area contributed by atoms with Crippen molar-refractivity contribution in [3.63, 3.8) is 0 Å². The number of carbonyl (C=O) groups is 2. The molecule has 0 saturated carbocycles. The number of aliphatic imine (C=N–C) groups is 1. The molecular formula is C42H57F4N5O14S. The minimum absolute atomic E-state index is 0.0718. The first kappa shape index (κ1) is 54.0. The lowest BCUT2D eigenvalue weighted by Gasteiger charge is -2.31. The number of amidine groups is 1. The summed E-state index contributed by atoms with van der Waals surface area (Å²) in [5.41, 5.74) is 9.99. The van der Waals surface area contributed by atoms with E-state index >= 15 is 4.39 Å². The van der Waals surface area contributed by atoms with E-state index in [1.807, 2.05) is 44.3 Å². The maximum absolute atomic E-state index is 15.1. The summed E-state index contributed by atoms with van der Waals surface area (Å²) in [6.45, 7) is 9.50. The summed E-state index contributed by atoms with van der Waals surface area (Å²) in [7, 11) is -5.79. The number of hydroxylamine groups is 2. The second-order valence-corrected chi connectivity index (χ2v) is 15.9. The zero-order valence-electron chi connectivity index (χ0n) is 37.0. The molecule has 2 heterocycles. The first-order valence-electron chi connectivity index (χ1n) is 21.1. The van der Waals surface area contributed by atoms with Crippen LogP contribution in [0.3, 0.4) is 0 Å². The number of carbonyl (C=O) groups excluding carboxylic acids is 2. The van der Waals surface area contributed by atoms with Gasteiger partial charge < -0.3 is 43.6 Å². The van der Waals surface area contributed by atoms with E-state index in [0.29, 0.717) is 89.6 Å². The summed E-state index contributed by atoms with van der Waals surface area (Å²) in [5, 5.41) is 2.33. The molecule has 24 heteroatoms. The molecule has 368 valence electrons. The number of amides is 1. The van der Waals surface area contributed by atoms with Gasteiger partial charge in [0.2, 0.25) is 5.25 Å². The van der Waals surface area contributed by atoms with Crippen molar-refractivity contribution in [3.8, 4) is 11.1 Å². The van der Waals surface area contributed by atoms with Crippen LogP contribution in [0.15, 0.2) is 64.7 Å². The second kappa shape index (κ2) is 27.2. The van der Waals surface area contributed by atoms with Gasteiger partial charge in [-0.15, -0.1) is 0 Å². The van der Waals surface area contributed by atoms with Crippen LogP contribution in [0.25, 0.3) is 17.2 Å². The molecule has 1 aliphatic carbocycles. The Bertz CT molecular complexity index is 2130. The first-order valence-corrected chi connectivity index (χ1v) is 22.6. The van der Waals surface area contributed by atoms with Crippen molar-refractivity contribution in [2.24, 2.45) is 10.7 Å². The fourth-order valence-corrected chi connectivity index (χ4v) is 7.06. The summed E-state index contributed by atoms with van der Waals surface area (Å²) >= 11 is 0. The van der Waals surface area contributed by atoms with Gasteiger partial charge in [0.15, 0.2) is 23.6 Å². The van der Waals surface area contributed by atoms with Crippen molar-refractivity contribution in [3.05, 3.63) is 65.3 Å². The van der Waals surface area contributed by atoms with Crippen LogP contribution in [0, 0.1) is 0 Å². The average Bonchev–Trinajstić information content (AvgIpc) is 3.67. The third-order valence-corrected chi connectivity index (χ3v) is 10.5. The van der Waals surface area contributed by atoms with Gasteiger partial charge in [0.25, 0.3) is 16.0 Å². The van der Waals surface area contributed by atoms with E-state index < -0.39 is 50.8 Å². The molecule has 0 radical (unpaired) electrons. The summed E-state index contributed by atoms with van der Waals surface area (Å²) in [4.78, 5) is 35.5. The van der Waals surface area contributed by atoms with Gasteiger partial charge in [-0.25, -0.2) is 28.0 Å². The Morgan fingerprint density at radius 1 is 0.894 bits per heavy atom. The topological polar surface area (TPSA) is 231 Å². The lowest BCUT2D eigenvalue weighted by molar-refractivity contribution is -0.189. The van der Waals surface area contributed by atoms with Crippen molar-refractivity contribution in [1.29, 1.82) is 0 Å². The molecule has 0 fully saturated rings. The number of nitrogens with zero attached hydrogens (tertiary/aromatic N) is 4. The van der Waals surface area contributed by atoms with E-state index in [4.69, 9.17) is 48.3 Å². The quantitative estimate of drug-likeness (QED) is 0.0348. The maximum atomic E-state index is 15.1. The Balaban J connectivity index is 0.961. The van der Waals surface area contributed by atoms with Crippen molar-refractivity contribution < 1.29 is 82.9 Å². The lowest BCUT2D eigenvalue weighted by Crippen LogP contribution is -2.50. The van der Waals surface area contributed by atoms with Crippen LogP contribution >= 0.6 is 0 Å². The fraction of sp³-hybridized carbons (Fsp3) is 0.571. The molecule has 2 aromatic rings. The summed E-state index contributed by atoms with van der Waals surface area (Å²) in [5.74, 6) is -12.7. The SMILES string of the molecule is CCCN(OCC)C(=O)C1=Cc2ccc(-c3cnn(CCOCCOCCOCCOCCOCCOCCOC(C)C(=O)OC4(F)C(F)=CC(F)=C(F)C4S(=O)(=O)O)c3)cc2N=C(N)C1. The van der Waals surface area contributed by atoms with Crippen molar-refractivity contribution in [2.45, 2.75) is 57.4 Å². The molecule has 3 N–H and O–H groups in total. The Morgan fingerprint density at radius 2 is 1.47 bits per heavy atom.